The molecule has 0 radical (unpaired) electrons. The maximum Gasteiger partial charge on any atom is 0.153 e. The number of aldehydes is 1. The smallest absolute Gasteiger partial charge is 0.153 e. The largest absolute Gasteiger partial charge is 0.364 e. The highest BCUT2D eigenvalue weighted by atomic mass is 35.5. The molecule has 0 N–H and O–H groups in total. The van der Waals surface area contributed by atoms with Crippen molar-refractivity contribution < 1.29 is 9.59 Å². The van der Waals surface area contributed by atoms with Crippen molar-refractivity contribution in [3.05, 3.63) is 28.8 Å². The average molecular weight is 264 g/mol. The molecule has 2 atom stereocenters. The SMILES string of the molecule is O=Cc1c(Cl)cccc1N1C2CCC1CC(=O)C2. The summed E-state index contributed by atoms with van der Waals surface area (Å²) in [6.45, 7) is 0. The lowest BCUT2D eigenvalue weighted by molar-refractivity contribution is -0.120. The Bertz CT molecular complexity index is 499. The van der Waals surface area contributed by atoms with E-state index in [0.29, 0.717) is 29.2 Å². The van der Waals surface area contributed by atoms with Crippen LogP contribution in [0.25, 0.3) is 0 Å². The Morgan fingerprint density at radius 1 is 1.22 bits per heavy atom. The van der Waals surface area contributed by atoms with Gasteiger partial charge in [-0.25, -0.2) is 0 Å². The van der Waals surface area contributed by atoms with E-state index in [1.54, 1.807) is 6.07 Å². The van der Waals surface area contributed by atoms with Gasteiger partial charge in [-0.15, -0.1) is 0 Å². The Balaban J connectivity index is 2.04. The van der Waals surface area contributed by atoms with E-state index in [9.17, 15) is 9.59 Å². The van der Waals surface area contributed by atoms with Crippen LogP contribution in [0.5, 0.6) is 0 Å². The zero-order chi connectivity index (χ0) is 12.7. The highest BCUT2D eigenvalue weighted by Gasteiger charge is 2.40. The Kier molecular flexibility index (Phi) is 2.86. The maximum absolute atomic E-state index is 11.6. The van der Waals surface area contributed by atoms with Gasteiger partial charge in [-0.2, -0.15) is 0 Å². The molecular weight excluding hydrogens is 250 g/mol. The van der Waals surface area contributed by atoms with Crippen molar-refractivity contribution in [1.29, 1.82) is 0 Å². The third-order valence-electron chi connectivity index (χ3n) is 3.97. The average Bonchev–Trinajstić information content (AvgIpc) is 2.61. The molecule has 0 amide bonds. The Morgan fingerprint density at radius 3 is 2.50 bits per heavy atom. The number of Topliss-reactive ketones (excluding diaryl/α,β-unsaturated/α-hetero) is 1. The summed E-state index contributed by atoms with van der Waals surface area (Å²) < 4.78 is 0. The lowest BCUT2D eigenvalue weighted by atomic mass is 9.99. The maximum atomic E-state index is 11.6. The summed E-state index contributed by atoms with van der Waals surface area (Å²) >= 11 is 6.07. The fourth-order valence-electron chi connectivity index (χ4n) is 3.23. The summed E-state index contributed by atoms with van der Waals surface area (Å²) in [7, 11) is 0. The first-order valence-corrected chi connectivity index (χ1v) is 6.62. The molecule has 2 aliphatic rings. The summed E-state index contributed by atoms with van der Waals surface area (Å²) in [5.74, 6) is 0.341. The van der Waals surface area contributed by atoms with Crippen molar-refractivity contribution in [3.8, 4) is 0 Å². The number of nitrogens with zero attached hydrogens (tertiary/aromatic N) is 1. The minimum absolute atomic E-state index is 0.244. The van der Waals surface area contributed by atoms with Gasteiger partial charge in [-0.3, -0.25) is 9.59 Å². The van der Waals surface area contributed by atoms with Crippen molar-refractivity contribution in [2.24, 2.45) is 0 Å². The van der Waals surface area contributed by atoms with Gasteiger partial charge < -0.3 is 4.90 Å². The topological polar surface area (TPSA) is 37.4 Å². The standard InChI is InChI=1S/C14H14ClNO2/c15-13-2-1-3-14(12(13)8-17)16-9-4-5-10(16)7-11(18)6-9/h1-3,8-10H,4-7H2. The number of rotatable bonds is 2. The van der Waals surface area contributed by atoms with Gasteiger partial charge in [0.1, 0.15) is 5.78 Å². The van der Waals surface area contributed by atoms with E-state index >= 15 is 0 Å². The molecule has 2 aliphatic heterocycles. The van der Waals surface area contributed by atoms with Gasteiger partial charge >= 0.3 is 0 Å². The molecule has 94 valence electrons. The number of carbonyl (C=O) groups excluding carboxylic acids is 2. The van der Waals surface area contributed by atoms with E-state index in [4.69, 9.17) is 11.6 Å². The van der Waals surface area contributed by atoms with Crippen molar-refractivity contribution >= 4 is 29.4 Å². The molecule has 3 nitrogen and oxygen atoms in total. The summed E-state index contributed by atoms with van der Waals surface area (Å²) in [4.78, 5) is 25.0. The second-order valence-electron chi connectivity index (χ2n) is 5.03. The fraction of sp³-hybridized carbons (Fsp3) is 0.429. The summed E-state index contributed by atoms with van der Waals surface area (Å²) in [5, 5.41) is 0.485. The van der Waals surface area contributed by atoms with E-state index in [2.05, 4.69) is 4.90 Å². The van der Waals surface area contributed by atoms with Crippen molar-refractivity contribution in [2.45, 2.75) is 37.8 Å². The molecule has 2 unspecified atom stereocenters. The van der Waals surface area contributed by atoms with Crippen LogP contribution >= 0.6 is 11.6 Å². The molecule has 2 saturated heterocycles. The predicted molar refractivity (Wildman–Crippen MR) is 70.4 cm³/mol. The van der Waals surface area contributed by atoms with Gasteiger partial charge in [0, 0.05) is 30.6 Å². The van der Waals surface area contributed by atoms with Crippen LogP contribution < -0.4 is 4.90 Å². The first-order chi connectivity index (χ1) is 8.70. The molecule has 0 spiro atoms. The van der Waals surface area contributed by atoms with Crippen LogP contribution in [-0.4, -0.2) is 24.2 Å². The molecule has 18 heavy (non-hydrogen) atoms. The lowest BCUT2D eigenvalue weighted by Crippen LogP contribution is -2.43. The molecule has 1 aromatic carbocycles. The zero-order valence-electron chi connectivity index (χ0n) is 9.93. The van der Waals surface area contributed by atoms with Crippen molar-refractivity contribution in [1.82, 2.24) is 0 Å². The van der Waals surface area contributed by atoms with Gasteiger partial charge in [0.05, 0.1) is 10.6 Å². The van der Waals surface area contributed by atoms with Gasteiger partial charge in [0.25, 0.3) is 0 Å². The lowest BCUT2D eigenvalue weighted by Gasteiger charge is -2.36. The van der Waals surface area contributed by atoms with Gasteiger partial charge in [0.15, 0.2) is 6.29 Å². The predicted octanol–water partition coefficient (Wildman–Crippen LogP) is 2.85. The number of fused-ring (bicyclic) bond motifs is 2. The number of piperidine rings is 1. The summed E-state index contributed by atoms with van der Waals surface area (Å²) in [5.41, 5.74) is 1.43. The summed E-state index contributed by atoms with van der Waals surface area (Å²) in [6.07, 6.45) is 4.07. The Morgan fingerprint density at radius 2 is 1.89 bits per heavy atom. The van der Waals surface area contributed by atoms with Crippen LogP contribution in [0.4, 0.5) is 5.69 Å². The fourth-order valence-corrected chi connectivity index (χ4v) is 3.45. The highest BCUT2D eigenvalue weighted by molar-refractivity contribution is 6.33. The monoisotopic (exact) mass is 263 g/mol. The van der Waals surface area contributed by atoms with Gasteiger partial charge in [-0.1, -0.05) is 17.7 Å². The van der Waals surface area contributed by atoms with Crippen LogP contribution in [0.3, 0.4) is 0 Å². The van der Waals surface area contributed by atoms with Crippen LogP contribution in [0, 0.1) is 0 Å². The number of carbonyl (C=O) groups is 2. The molecule has 1 aromatic rings. The van der Waals surface area contributed by atoms with Crippen molar-refractivity contribution in [3.63, 3.8) is 0 Å². The second-order valence-corrected chi connectivity index (χ2v) is 5.44. The van der Waals surface area contributed by atoms with Gasteiger partial charge in [0.2, 0.25) is 0 Å². The number of halogens is 1. The second kappa shape index (κ2) is 4.39. The molecule has 2 bridgehead atoms. The van der Waals surface area contributed by atoms with Crippen LogP contribution in [0.1, 0.15) is 36.0 Å². The van der Waals surface area contributed by atoms with Crippen LogP contribution in [-0.2, 0) is 4.79 Å². The minimum atomic E-state index is 0.244. The molecule has 0 aliphatic carbocycles. The van der Waals surface area contributed by atoms with Gasteiger partial charge in [-0.05, 0) is 25.0 Å². The third-order valence-corrected chi connectivity index (χ3v) is 4.30. The Hall–Kier alpha value is -1.35. The number of benzene rings is 1. The zero-order valence-corrected chi connectivity index (χ0v) is 10.7. The number of hydrogen-bond acceptors (Lipinski definition) is 3. The first-order valence-electron chi connectivity index (χ1n) is 6.24. The van der Waals surface area contributed by atoms with E-state index in [0.717, 1.165) is 24.8 Å². The molecule has 4 heteroatoms. The highest BCUT2D eigenvalue weighted by Crippen LogP contribution is 2.40. The van der Waals surface area contributed by atoms with E-state index < -0.39 is 0 Å². The normalized spacial score (nSPS) is 26.5. The quantitative estimate of drug-likeness (QED) is 0.770. The molecule has 3 rings (SSSR count). The summed E-state index contributed by atoms with van der Waals surface area (Å²) in [6, 6.07) is 6.00. The third kappa shape index (κ3) is 1.74. The van der Waals surface area contributed by atoms with E-state index in [-0.39, 0.29) is 12.1 Å². The van der Waals surface area contributed by atoms with Crippen molar-refractivity contribution in [2.75, 3.05) is 4.90 Å². The minimum Gasteiger partial charge on any atom is -0.364 e. The molecule has 2 heterocycles. The number of anilines is 1. The first kappa shape index (κ1) is 11.7. The molecule has 0 aromatic heterocycles. The molecule has 2 fully saturated rings. The van der Waals surface area contributed by atoms with Crippen LogP contribution in [0.15, 0.2) is 18.2 Å². The Labute approximate surface area is 111 Å². The van der Waals surface area contributed by atoms with E-state index in [1.165, 1.54) is 0 Å². The van der Waals surface area contributed by atoms with E-state index in [1.807, 2.05) is 12.1 Å². The number of hydrogen-bond donors (Lipinski definition) is 0. The number of ketones is 1. The van der Waals surface area contributed by atoms with Crippen LogP contribution in [0.2, 0.25) is 5.02 Å². The molecular formula is C14H14ClNO2. The molecule has 0 saturated carbocycles.